The van der Waals surface area contributed by atoms with E-state index in [0.29, 0.717) is 20.3 Å². The summed E-state index contributed by atoms with van der Waals surface area (Å²) in [5.74, 6) is -1.08. The molecule has 0 aliphatic heterocycles. The Balaban J connectivity index is 2.32. The number of ether oxygens (including phenoxy) is 1. The molecule has 0 saturated carbocycles. The summed E-state index contributed by atoms with van der Waals surface area (Å²) in [6.45, 7) is 3.55. The second-order valence-corrected chi connectivity index (χ2v) is 7.36. The zero-order valence-corrected chi connectivity index (χ0v) is 15.5. The van der Waals surface area contributed by atoms with Crippen molar-refractivity contribution in [2.75, 3.05) is 11.9 Å². The Morgan fingerprint density at radius 2 is 2.16 bits per heavy atom. The standard InChI is InChI=1S/C14H11N3O5S3/c1-3-22-14(19)11-7(2)10(23-6-15)13(25-11)16-12(18)8-4-5-9(24-8)17(20)21/h4-5H,3H2,1-2H3,(H,16,18). The maximum absolute atomic E-state index is 12.3. The lowest BCUT2D eigenvalue weighted by Gasteiger charge is -2.02. The lowest BCUT2D eigenvalue weighted by molar-refractivity contribution is -0.380. The number of anilines is 1. The Morgan fingerprint density at radius 1 is 1.44 bits per heavy atom. The molecule has 0 aliphatic rings. The fourth-order valence-corrected chi connectivity index (χ4v) is 4.36. The summed E-state index contributed by atoms with van der Waals surface area (Å²) in [4.78, 5) is 35.3. The van der Waals surface area contributed by atoms with Crippen LogP contribution < -0.4 is 5.32 Å². The maximum atomic E-state index is 12.3. The van der Waals surface area contributed by atoms with E-state index in [4.69, 9.17) is 10.00 Å². The number of nitro groups is 1. The predicted molar refractivity (Wildman–Crippen MR) is 95.4 cm³/mol. The Bertz CT molecular complexity index is 881. The molecule has 130 valence electrons. The number of nitriles is 1. The molecule has 8 nitrogen and oxygen atoms in total. The van der Waals surface area contributed by atoms with Crippen LogP contribution >= 0.6 is 34.4 Å². The van der Waals surface area contributed by atoms with Gasteiger partial charge in [0.1, 0.15) is 15.3 Å². The number of thiocyanates is 1. The second-order valence-electron chi connectivity index (χ2n) is 4.48. The number of hydrogen-bond acceptors (Lipinski definition) is 9. The van der Waals surface area contributed by atoms with Gasteiger partial charge in [-0.2, -0.15) is 5.26 Å². The molecule has 0 atom stereocenters. The van der Waals surface area contributed by atoms with E-state index in [-0.39, 0.29) is 16.5 Å². The summed E-state index contributed by atoms with van der Waals surface area (Å²) in [5.41, 5.74) is 0.544. The van der Waals surface area contributed by atoms with E-state index in [1.54, 1.807) is 13.8 Å². The van der Waals surface area contributed by atoms with Gasteiger partial charge in [-0.25, -0.2) is 4.79 Å². The minimum atomic E-state index is -0.577. The van der Waals surface area contributed by atoms with E-state index in [1.807, 2.05) is 5.40 Å². The zero-order valence-electron chi connectivity index (χ0n) is 13.0. The number of carbonyl (C=O) groups excluding carboxylic acids is 2. The highest BCUT2D eigenvalue weighted by atomic mass is 32.2. The molecule has 0 radical (unpaired) electrons. The highest BCUT2D eigenvalue weighted by molar-refractivity contribution is 8.04. The van der Waals surface area contributed by atoms with E-state index in [9.17, 15) is 19.7 Å². The number of hydrogen-bond donors (Lipinski definition) is 1. The van der Waals surface area contributed by atoms with E-state index in [1.165, 1.54) is 12.1 Å². The summed E-state index contributed by atoms with van der Waals surface area (Å²) in [7, 11) is 0. The average molecular weight is 397 g/mol. The number of rotatable bonds is 6. The molecule has 0 spiro atoms. The molecule has 2 heterocycles. The smallest absolute Gasteiger partial charge is 0.348 e. The predicted octanol–water partition coefficient (Wildman–Crippen LogP) is 4.03. The van der Waals surface area contributed by atoms with Crippen LogP contribution in [0, 0.1) is 27.7 Å². The van der Waals surface area contributed by atoms with Crippen LogP contribution in [0.15, 0.2) is 17.0 Å². The first-order chi connectivity index (χ1) is 11.9. The molecule has 25 heavy (non-hydrogen) atoms. The van der Waals surface area contributed by atoms with Crippen LogP contribution in [0.2, 0.25) is 0 Å². The third kappa shape index (κ3) is 4.16. The molecule has 0 unspecified atom stereocenters. The lowest BCUT2D eigenvalue weighted by atomic mass is 10.3. The molecular weight excluding hydrogens is 386 g/mol. The molecule has 0 aliphatic carbocycles. The van der Waals surface area contributed by atoms with E-state index in [0.717, 1.165) is 34.4 Å². The number of esters is 1. The Hall–Kier alpha value is -2.42. The molecule has 0 fully saturated rings. The number of thioether (sulfide) groups is 1. The van der Waals surface area contributed by atoms with Gasteiger partial charge in [-0.05, 0) is 37.2 Å². The third-order valence-electron chi connectivity index (χ3n) is 2.92. The first-order valence-corrected chi connectivity index (χ1v) is 9.26. The van der Waals surface area contributed by atoms with Gasteiger partial charge in [0.15, 0.2) is 0 Å². The van der Waals surface area contributed by atoms with E-state index < -0.39 is 16.8 Å². The molecule has 2 rings (SSSR count). The quantitative estimate of drug-likeness (QED) is 0.257. The van der Waals surface area contributed by atoms with Gasteiger partial charge >= 0.3 is 11.0 Å². The molecule has 1 amide bonds. The van der Waals surface area contributed by atoms with Crippen molar-refractivity contribution in [1.82, 2.24) is 0 Å². The van der Waals surface area contributed by atoms with Crippen LogP contribution in [0.3, 0.4) is 0 Å². The summed E-state index contributed by atoms with van der Waals surface area (Å²) < 4.78 is 4.97. The van der Waals surface area contributed by atoms with Crippen molar-refractivity contribution in [3.8, 4) is 5.40 Å². The summed E-state index contributed by atoms with van der Waals surface area (Å²) in [5, 5.41) is 24.4. The van der Waals surface area contributed by atoms with Gasteiger partial charge in [0.05, 0.1) is 21.3 Å². The Labute approximate surface area is 154 Å². The Kier molecular flexibility index (Phi) is 6.13. The fraction of sp³-hybridized carbons (Fsp3) is 0.214. The fourth-order valence-electron chi connectivity index (χ4n) is 1.85. The largest absolute Gasteiger partial charge is 0.462 e. The van der Waals surface area contributed by atoms with Gasteiger partial charge in [-0.1, -0.05) is 11.3 Å². The lowest BCUT2D eigenvalue weighted by Crippen LogP contribution is -2.09. The van der Waals surface area contributed by atoms with Gasteiger partial charge in [-0.15, -0.1) is 11.3 Å². The summed E-state index contributed by atoms with van der Waals surface area (Å²) in [6.07, 6.45) is 0. The van der Waals surface area contributed by atoms with Crippen molar-refractivity contribution in [1.29, 1.82) is 5.26 Å². The Morgan fingerprint density at radius 3 is 2.72 bits per heavy atom. The number of nitrogens with one attached hydrogen (secondary N) is 1. The summed E-state index contributed by atoms with van der Waals surface area (Å²) in [6, 6.07) is 2.59. The highest BCUT2D eigenvalue weighted by Gasteiger charge is 2.24. The average Bonchev–Trinajstić information content (AvgIpc) is 3.16. The SMILES string of the molecule is CCOC(=O)c1sc(NC(=O)c2ccc([N+](=O)[O-])s2)c(SC#N)c1C. The minimum Gasteiger partial charge on any atom is -0.462 e. The maximum Gasteiger partial charge on any atom is 0.348 e. The van der Waals surface area contributed by atoms with Crippen LogP contribution in [0.4, 0.5) is 10.0 Å². The van der Waals surface area contributed by atoms with Gasteiger partial charge in [-0.3, -0.25) is 14.9 Å². The van der Waals surface area contributed by atoms with Gasteiger partial charge in [0.25, 0.3) is 5.91 Å². The van der Waals surface area contributed by atoms with Crippen molar-refractivity contribution < 1.29 is 19.2 Å². The van der Waals surface area contributed by atoms with Crippen LogP contribution in [0.5, 0.6) is 0 Å². The monoisotopic (exact) mass is 397 g/mol. The van der Waals surface area contributed by atoms with E-state index >= 15 is 0 Å². The first kappa shape index (κ1) is 18.9. The topological polar surface area (TPSA) is 122 Å². The number of amides is 1. The molecular formula is C14H11N3O5S3. The van der Waals surface area contributed by atoms with E-state index in [2.05, 4.69) is 5.32 Å². The number of nitrogens with zero attached hydrogens (tertiary/aromatic N) is 2. The van der Waals surface area contributed by atoms with Gasteiger partial charge < -0.3 is 10.1 Å². The summed E-state index contributed by atoms with van der Waals surface area (Å²) >= 11 is 2.57. The normalized spacial score (nSPS) is 10.1. The second kappa shape index (κ2) is 8.11. The van der Waals surface area contributed by atoms with Crippen molar-refractivity contribution in [2.45, 2.75) is 18.7 Å². The third-order valence-corrected chi connectivity index (χ3v) is 6.08. The zero-order chi connectivity index (χ0) is 18.6. The van der Waals surface area contributed by atoms with Crippen LogP contribution in [0.25, 0.3) is 0 Å². The molecule has 2 aromatic rings. The van der Waals surface area contributed by atoms with Crippen LogP contribution in [-0.2, 0) is 4.74 Å². The number of thiophene rings is 2. The first-order valence-electron chi connectivity index (χ1n) is 6.81. The molecule has 11 heteroatoms. The van der Waals surface area contributed by atoms with Crippen molar-refractivity contribution in [3.63, 3.8) is 0 Å². The highest BCUT2D eigenvalue weighted by Crippen LogP contribution is 2.40. The van der Waals surface area contributed by atoms with Crippen molar-refractivity contribution >= 4 is 56.3 Å². The van der Waals surface area contributed by atoms with Crippen LogP contribution in [0.1, 0.15) is 31.8 Å². The van der Waals surface area contributed by atoms with Gasteiger partial charge in [0.2, 0.25) is 0 Å². The molecule has 0 saturated heterocycles. The molecule has 1 N–H and O–H groups in total. The molecule has 0 aromatic carbocycles. The van der Waals surface area contributed by atoms with Gasteiger partial charge in [0, 0.05) is 6.07 Å². The number of carbonyl (C=O) groups is 2. The van der Waals surface area contributed by atoms with Crippen molar-refractivity contribution in [2.24, 2.45) is 0 Å². The van der Waals surface area contributed by atoms with Crippen LogP contribution in [-0.4, -0.2) is 23.4 Å². The van der Waals surface area contributed by atoms with Crippen molar-refractivity contribution in [3.05, 3.63) is 37.6 Å². The molecule has 2 aromatic heterocycles. The minimum absolute atomic E-state index is 0.147. The molecule has 0 bridgehead atoms.